The molecule has 0 fully saturated rings. The van der Waals surface area contributed by atoms with Crippen LogP contribution in [0.25, 0.3) is 0 Å². The van der Waals surface area contributed by atoms with Gasteiger partial charge in [0.2, 0.25) is 0 Å². The normalized spacial score (nSPS) is 10.3. The summed E-state index contributed by atoms with van der Waals surface area (Å²) in [5.41, 5.74) is 0.686. The monoisotopic (exact) mass is 406 g/mol. The molecule has 2 rings (SSSR count). The standard InChI is InChI=1S/C21H20F2O6/c1-27-17-8-4-14(5-9-17)11-20(25)28-10-2-3-19(24)29-21(26)12-15-6-7-16(22)13-18(15)23/h4-9,13H,2-3,10-12H2,1H3. The molecule has 8 heteroatoms. The molecule has 154 valence electrons. The van der Waals surface area contributed by atoms with Gasteiger partial charge in [-0.3, -0.25) is 14.4 Å². The Bertz CT molecular complexity index is 864. The van der Waals surface area contributed by atoms with Gasteiger partial charge in [-0.15, -0.1) is 0 Å². The number of benzene rings is 2. The summed E-state index contributed by atoms with van der Waals surface area (Å²) < 4.78 is 40.9. The van der Waals surface area contributed by atoms with Crippen molar-refractivity contribution >= 4 is 17.9 Å². The van der Waals surface area contributed by atoms with Crippen molar-refractivity contribution in [3.8, 4) is 5.75 Å². The van der Waals surface area contributed by atoms with E-state index in [1.165, 1.54) is 0 Å². The van der Waals surface area contributed by atoms with Crippen molar-refractivity contribution in [1.82, 2.24) is 0 Å². The van der Waals surface area contributed by atoms with Crippen LogP contribution in [0.5, 0.6) is 5.75 Å². The van der Waals surface area contributed by atoms with Crippen LogP contribution >= 0.6 is 0 Å². The number of methoxy groups -OCH3 is 1. The molecule has 0 aliphatic rings. The zero-order chi connectivity index (χ0) is 21.2. The molecule has 0 unspecified atom stereocenters. The lowest BCUT2D eigenvalue weighted by Crippen LogP contribution is -2.16. The third kappa shape index (κ3) is 7.69. The molecule has 0 saturated carbocycles. The molecule has 0 aromatic heterocycles. The van der Waals surface area contributed by atoms with Gasteiger partial charge in [0.15, 0.2) is 0 Å². The van der Waals surface area contributed by atoms with Crippen molar-refractivity contribution < 1.29 is 37.4 Å². The number of halogens is 2. The Kier molecular flexibility index (Phi) is 8.27. The zero-order valence-corrected chi connectivity index (χ0v) is 15.8. The molecular formula is C21H20F2O6. The molecule has 2 aromatic rings. The summed E-state index contributed by atoms with van der Waals surface area (Å²) in [6, 6.07) is 9.71. The lowest BCUT2D eigenvalue weighted by molar-refractivity contribution is -0.160. The van der Waals surface area contributed by atoms with Crippen LogP contribution in [0.1, 0.15) is 24.0 Å². The second-order valence-corrected chi connectivity index (χ2v) is 6.11. The molecule has 29 heavy (non-hydrogen) atoms. The lowest BCUT2D eigenvalue weighted by Gasteiger charge is -2.06. The maximum atomic E-state index is 13.5. The minimum Gasteiger partial charge on any atom is -0.497 e. The third-order valence-electron chi connectivity index (χ3n) is 3.87. The second-order valence-electron chi connectivity index (χ2n) is 6.11. The second kappa shape index (κ2) is 10.9. The van der Waals surface area contributed by atoms with Crippen LogP contribution in [0.2, 0.25) is 0 Å². The molecule has 0 aliphatic heterocycles. The maximum absolute atomic E-state index is 13.5. The Morgan fingerprint density at radius 2 is 1.62 bits per heavy atom. The topological polar surface area (TPSA) is 78.9 Å². The maximum Gasteiger partial charge on any atom is 0.318 e. The molecule has 0 heterocycles. The third-order valence-corrected chi connectivity index (χ3v) is 3.87. The summed E-state index contributed by atoms with van der Waals surface area (Å²) in [5.74, 6) is -3.19. The predicted octanol–water partition coefficient (Wildman–Crippen LogP) is 3.15. The molecule has 6 nitrogen and oxygen atoms in total. The van der Waals surface area contributed by atoms with E-state index in [4.69, 9.17) is 9.47 Å². The van der Waals surface area contributed by atoms with Crippen LogP contribution in [0.15, 0.2) is 42.5 Å². The fraction of sp³-hybridized carbons (Fsp3) is 0.286. The van der Waals surface area contributed by atoms with Crippen molar-refractivity contribution in [3.05, 3.63) is 65.2 Å². The van der Waals surface area contributed by atoms with E-state index in [0.29, 0.717) is 11.8 Å². The summed E-state index contributed by atoms with van der Waals surface area (Å²) in [6.07, 6.45) is -0.385. The van der Waals surface area contributed by atoms with E-state index in [-0.39, 0.29) is 31.4 Å². The largest absolute Gasteiger partial charge is 0.497 e. The van der Waals surface area contributed by atoms with Gasteiger partial charge >= 0.3 is 17.9 Å². The molecule has 0 bridgehead atoms. The first-order valence-electron chi connectivity index (χ1n) is 8.83. The van der Waals surface area contributed by atoms with E-state index in [2.05, 4.69) is 4.74 Å². The van der Waals surface area contributed by atoms with E-state index in [1.807, 2.05) is 0 Å². The molecule has 0 amide bonds. The van der Waals surface area contributed by atoms with Gasteiger partial charge < -0.3 is 14.2 Å². The average molecular weight is 406 g/mol. The predicted molar refractivity (Wildman–Crippen MR) is 98.1 cm³/mol. The molecule has 0 spiro atoms. The van der Waals surface area contributed by atoms with Crippen LogP contribution in [-0.4, -0.2) is 31.6 Å². The average Bonchev–Trinajstić information content (AvgIpc) is 2.68. The van der Waals surface area contributed by atoms with E-state index in [9.17, 15) is 23.2 Å². The first-order valence-corrected chi connectivity index (χ1v) is 8.83. The molecule has 0 atom stereocenters. The molecule has 0 saturated heterocycles. The van der Waals surface area contributed by atoms with Crippen LogP contribution in [-0.2, 0) is 36.7 Å². The van der Waals surface area contributed by atoms with Crippen molar-refractivity contribution in [2.75, 3.05) is 13.7 Å². The van der Waals surface area contributed by atoms with Gasteiger partial charge in [-0.1, -0.05) is 18.2 Å². The highest BCUT2D eigenvalue weighted by Gasteiger charge is 2.14. The highest BCUT2D eigenvalue weighted by atomic mass is 19.1. The van der Waals surface area contributed by atoms with Gasteiger partial charge in [0.05, 0.1) is 26.6 Å². The minimum absolute atomic E-state index is 0.00906. The lowest BCUT2D eigenvalue weighted by atomic mass is 10.1. The first kappa shape index (κ1) is 22.0. The zero-order valence-electron chi connectivity index (χ0n) is 15.8. The number of hydrogen-bond acceptors (Lipinski definition) is 6. The highest BCUT2D eigenvalue weighted by molar-refractivity contribution is 5.86. The van der Waals surface area contributed by atoms with E-state index in [1.54, 1.807) is 31.4 Å². The van der Waals surface area contributed by atoms with Crippen molar-refractivity contribution in [3.63, 3.8) is 0 Å². The van der Waals surface area contributed by atoms with Crippen LogP contribution < -0.4 is 4.74 Å². The summed E-state index contributed by atoms with van der Waals surface area (Å²) in [4.78, 5) is 35.0. The quantitative estimate of drug-likeness (QED) is 0.362. The molecule has 2 aromatic carbocycles. The first-order chi connectivity index (χ1) is 13.9. The van der Waals surface area contributed by atoms with E-state index in [0.717, 1.165) is 17.7 Å². The van der Waals surface area contributed by atoms with Gasteiger partial charge in [0.25, 0.3) is 0 Å². The van der Waals surface area contributed by atoms with Gasteiger partial charge in [-0.05, 0) is 35.7 Å². The van der Waals surface area contributed by atoms with Crippen molar-refractivity contribution in [2.24, 2.45) is 0 Å². The molecule has 0 aliphatic carbocycles. The smallest absolute Gasteiger partial charge is 0.318 e. The summed E-state index contributed by atoms with van der Waals surface area (Å²) in [6.45, 7) is -0.00906. The Morgan fingerprint density at radius 1 is 0.897 bits per heavy atom. The summed E-state index contributed by atoms with van der Waals surface area (Å²) >= 11 is 0. The minimum atomic E-state index is -0.947. The van der Waals surface area contributed by atoms with Crippen LogP contribution in [0.3, 0.4) is 0 Å². The van der Waals surface area contributed by atoms with E-state index >= 15 is 0 Å². The summed E-state index contributed by atoms with van der Waals surface area (Å²) in [7, 11) is 1.54. The number of hydrogen-bond donors (Lipinski definition) is 0. The highest BCUT2D eigenvalue weighted by Crippen LogP contribution is 2.13. The van der Waals surface area contributed by atoms with Gasteiger partial charge in [-0.2, -0.15) is 0 Å². The molecule has 0 radical (unpaired) electrons. The SMILES string of the molecule is COc1ccc(CC(=O)OCCCC(=O)OC(=O)Cc2ccc(F)cc2F)cc1. The molecule has 0 N–H and O–H groups in total. The van der Waals surface area contributed by atoms with E-state index < -0.39 is 36.0 Å². The summed E-state index contributed by atoms with van der Waals surface area (Å²) in [5, 5.41) is 0. The number of carbonyl (C=O) groups excluding carboxylic acids is 3. The number of esters is 3. The number of rotatable bonds is 9. The van der Waals surface area contributed by atoms with Gasteiger partial charge in [-0.25, -0.2) is 8.78 Å². The fourth-order valence-corrected chi connectivity index (χ4v) is 2.40. The Labute approximate surface area is 166 Å². The number of carbonyl (C=O) groups is 3. The Morgan fingerprint density at radius 3 is 2.28 bits per heavy atom. The fourth-order valence-electron chi connectivity index (χ4n) is 2.40. The Hall–Kier alpha value is -3.29. The van der Waals surface area contributed by atoms with Crippen LogP contribution in [0, 0.1) is 11.6 Å². The van der Waals surface area contributed by atoms with Gasteiger partial charge in [0, 0.05) is 12.5 Å². The van der Waals surface area contributed by atoms with Crippen LogP contribution in [0.4, 0.5) is 8.78 Å². The Balaban J connectivity index is 1.64. The van der Waals surface area contributed by atoms with Crippen molar-refractivity contribution in [1.29, 1.82) is 0 Å². The van der Waals surface area contributed by atoms with Gasteiger partial charge in [0.1, 0.15) is 17.4 Å². The van der Waals surface area contributed by atoms with Crippen molar-refractivity contribution in [2.45, 2.75) is 25.7 Å². The molecular weight excluding hydrogens is 386 g/mol. The number of ether oxygens (including phenoxy) is 3.